The number of carbonyl (C=O) groups is 1. The van der Waals surface area contributed by atoms with Gasteiger partial charge >= 0.3 is 0 Å². The van der Waals surface area contributed by atoms with Crippen LogP contribution >= 0.6 is 0 Å². The molecular weight excluding hydrogens is 302 g/mol. The SMILES string of the molecule is Cc1cc(-n2c(C)cc(C(=O)C[NH+]3CCCCCCC3)c2C)no1. The Labute approximate surface area is 143 Å². The van der Waals surface area contributed by atoms with E-state index in [0.29, 0.717) is 6.54 Å². The lowest BCUT2D eigenvalue weighted by molar-refractivity contribution is -0.892. The first-order chi connectivity index (χ1) is 11.6. The predicted octanol–water partition coefficient (Wildman–Crippen LogP) is 2.42. The smallest absolute Gasteiger partial charge is 0.218 e. The Balaban J connectivity index is 1.77. The van der Waals surface area contributed by atoms with Crippen LogP contribution in [0.2, 0.25) is 0 Å². The van der Waals surface area contributed by atoms with Gasteiger partial charge in [0, 0.05) is 23.0 Å². The zero-order valence-electron chi connectivity index (χ0n) is 15.0. The van der Waals surface area contributed by atoms with E-state index in [1.807, 2.05) is 37.5 Å². The monoisotopic (exact) mass is 330 g/mol. The highest BCUT2D eigenvalue weighted by molar-refractivity contribution is 5.98. The van der Waals surface area contributed by atoms with E-state index >= 15 is 0 Å². The van der Waals surface area contributed by atoms with Gasteiger partial charge in [-0.3, -0.25) is 9.36 Å². The molecular formula is C19H28N3O2+. The third-order valence-electron chi connectivity index (χ3n) is 5.05. The van der Waals surface area contributed by atoms with Crippen LogP contribution in [0.3, 0.4) is 0 Å². The molecule has 0 aliphatic carbocycles. The summed E-state index contributed by atoms with van der Waals surface area (Å²) < 4.78 is 7.19. The molecule has 1 aliphatic heterocycles. The molecule has 130 valence electrons. The Morgan fingerprint density at radius 2 is 1.79 bits per heavy atom. The van der Waals surface area contributed by atoms with E-state index in [-0.39, 0.29) is 5.78 Å². The summed E-state index contributed by atoms with van der Waals surface area (Å²) in [5, 5.41) is 4.09. The highest BCUT2D eigenvalue weighted by Crippen LogP contribution is 2.20. The van der Waals surface area contributed by atoms with E-state index < -0.39 is 0 Å². The van der Waals surface area contributed by atoms with Crippen LogP contribution in [0.5, 0.6) is 0 Å². The van der Waals surface area contributed by atoms with Crippen LogP contribution in [-0.2, 0) is 0 Å². The Hall–Kier alpha value is -1.88. The van der Waals surface area contributed by atoms with Gasteiger partial charge in [0.2, 0.25) is 5.78 Å². The second-order valence-corrected chi connectivity index (χ2v) is 7.03. The molecule has 0 saturated carbocycles. The van der Waals surface area contributed by atoms with Gasteiger partial charge in [0.1, 0.15) is 12.3 Å². The van der Waals surface area contributed by atoms with Gasteiger partial charge in [0.25, 0.3) is 0 Å². The second kappa shape index (κ2) is 7.34. The van der Waals surface area contributed by atoms with Gasteiger partial charge < -0.3 is 9.42 Å². The Morgan fingerprint density at radius 1 is 1.12 bits per heavy atom. The van der Waals surface area contributed by atoms with Crippen molar-refractivity contribution in [1.29, 1.82) is 0 Å². The standard InChI is InChI=1S/C19H27N3O2/c1-14-11-17(16(3)22(14)19-12-15(2)24-20-19)18(23)13-21-9-7-5-4-6-8-10-21/h11-12H,4-10,13H2,1-3H3/p+1. The van der Waals surface area contributed by atoms with Gasteiger partial charge in [-0.25, -0.2) is 0 Å². The molecule has 5 nitrogen and oxygen atoms in total. The van der Waals surface area contributed by atoms with E-state index in [9.17, 15) is 4.79 Å². The Morgan fingerprint density at radius 3 is 2.42 bits per heavy atom. The van der Waals surface area contributed by atoms with E-state index in [1.165, 1.54) is 37.0 Å². The molecule has 0 amide bonds. The average Bonchev–Trinajstić information content (AvgIpc) is 3.05. The molecule has 0 bridgehead atoms. The molecule has 24 heavy (non-hydrogen) atoms. The number of aromatic nitrogens is 2. The molecule has 3 rings (SSSR count). The quantitative estimate of drug-likeness (QED) is 0.876. The van der Waals surface area contributed by atoms with Crippen LogP contribution < -0.4 is 4.90 Å². The number of quaternary nitrogens is 1. The summed E-state index contributed by atoms with van der Waals surface area (Å²) in [4.78, 5) is 14.3. The number of Topliss-reactive ketones (excluding diaryl/α,β-unsaturated/α-hetero) is 1. The summed E-state index contributed by atoms with van der Waals surface area (Å²) in [6.45, 7) is 8.72. The number of carbonyl (C=O) groups excluding carboxylic acids is 1. The number of hydrogen-bond donors (Lipinski definition) is 1. The molecule has 1 aliphatic rings. The number of rotatable bonds is 4. The predicted molar refractivity (Wildman–Crippen MR) is 93.0 cm³/mol. The number of likely N-dealkylation sites (tertiary alicyclic amines) is 1. The first kappa shape index (κ1) is 17.0. The van der Waals surface area contributed by atoms with Crippen molar-refractivity contribution in [3.8, 4) is 5.82 Å². The molecule has 0 radical (unpaired) electrons. The molecule has 1 N–H and O–H groups in total. The maximum atomic E-state index is 12.9. The summed E-state index contributed by atoms with van der Waals surface area (Å²) in [6, 6.07) is 3.89. The molecule has 1 fully saturated rings. The van der Waals surface area contributed by atoms with Crippen molar-refractivity contribution in [3.63, 3.8) is 0 Å². The van der Waals surface area contributed by atoms with Crippen molar-refractivity contribution < 1.29 is 14.2 Å². The fourth-order valence-corrected chi connectivity index (χ4v) is 3.76. The molecule has 0 unspecified atom stereocenters. The number of nitrogens with zero attached hydrogens (tertiary/aromatic N) is 2. The highest BCUT2D eigenvalue weighted by Gasteiger charge is 2.22. The summed E-state index contributed by atoms with van der Waals surface area (Å²) in [5.41, 5.74) is 2.80. The number of nitrogens with one attached hydrogen (secondary N) is 1. The molecule has 3 heterocycles. The summed E-state index contributed by atoms with van der Waals surface area (Å²) >= 11 is 0. The van der Waals surface area contributed by atoms with Crippen LogP contribution in [0.25, 0.3) is 5.82 Å². The van der Waals surface area contributed by atoms with Crippen LogP contribution in [0, 0.1) is 20.8 Å². The van der Waals surface area contributed by atoms with Gasteiger partial charge in [-0.2, -0.15) is 0 Å². The first-order valence-corrected chi connectivity index (χ1v) is 9.05. The topological polar surface area (TPSA) is 52.5 Å². The van der Waals surface area contributed by atoms with Crippen LogP contribution in [0.15, 0.2) is 16.7 Å². The van der Waals surface area contributed by atoms with E-state index in [1.54, 1.807) is 0 Å². The minimum Gasteiger partial charge on any atom is -0.360 e. The van der Waals surface area contributed by atoms with Gasteiger partial charge in [0.15, 0.2) is 5.82 Å². The van der Waals surface area contributed by atoms with Crippen LogP contribution in [0.4, 0.5) is 0 Å². The maximum absolute atomic E-state index is 12.9. The highest BCUT2D eigenvalue weighted by atomic mass is 16.5. The average molecular weight is 330 g/mol. The van der Waals surface area contributed by atoms with Crippen molar-refractivity contribution in [1.82, 2.24) is 9.72 Å². The van der Waals surface area contributed by atoms with Gasteiger partial charge in [0.05, 0.1) is 13.1 Å². The van der Waals surface area contributed by atoms with Gasteiger partial charge in [-0.05, 0) is 52.5 Å². The number of aryl methyl sites for hydroxylation is 2. The Kier molecular flexibility index (Phi) is 5.19. The number of hydrogen-bond acceptors (Lipinski definition) is 3. The van der Waals surface area contributed by atoms with Crippen molar-refractivity contribution in [2.24, 2.45) is 0 Å². The van der Waals surface area contributed by atoms with Crippen LogP contribution in [0.1, 0.15) is 59.6 Å². The fourth-order valence-electron chi connectivity index (χ4n) is 3.76. The van der Waals surface area contributed by atoms with Crippen molar-refractivity contribution in [2.75, 3.05) is 19.6 Å². The van der Waals surface area contributed by atoms with E-state index in [4.69, 9.17) is 4.52 Å². The van der Waals surface area contributed by atoms with Crippen molar-refractivity contribution in [2.45, 2.75) is 52.9 Å². The molecule has 0 spiro atoms. The normalized spacial score (nSPS) is 16.8. The lowest BCUT2D eigenvalue weighted by Crippen LogP contribution is -3.13. The first-order valence-electron chi connectivity index (χ1n) is 9.05. The summed E-state index contributed by atoms with van der Waals surface area (Å²) in [6.07, 6.45) is 6.43. The number of ketones is 1. The van der Waals surface area contributed by atoms with Crippen molar-refractivity contribution >= 4 is 5.78 Å². The third kappa shape index (κ3) is 3.61. The van der Waals surface area contributed by atoms with Crippen LogP contribution in [-0.4, -0.2) is 35.1 Å². The molecule has 0 atom stereocenters. The molecule has 2 aromatic heterocycles. The lowest BCUT2D eigenvalue weighted by Gasteiger charge is -2.21. The Bertz CT molecular complexity index is 706. The second-order valence-electron chi connectivity index (χ2n) is 7.03. The maximum Gasteiger partial charge on any atom is 0.218 e. The minimum absolute atomic E-state index is 0.241. The lowest BCUT2D eigenvalue weighted by atomic mass is 10.1. The molecule has 2 aromatic rings. The molecule has 0 aromatic carbocycles. The molecule has 5 heteroatoms. The zero-order chi connectivity index (χ0) is 17.1. The summed E-state index contributed by atoms with van der Waals surface area (Å²) in [5.74, 6) is 1.76. The van der Waals surface area contributed by atoms with E-state index in [2.05, 4.69) is 5.16 Å². The third-order valence-corrected chi connectivity index (χ3v) is 5.05. The van der Waals surface area contributed by atoms with Crippen molar-refractivity contribution in [3.05, 3.63) is 34.8 Å². The van der Waals surface area contributed by atoms with E-state index in [0.717, 1.165) is 41.6 Å². The fraction of sp³-hybridized carbons (Fsp3) is 0.579. The summed E-state index contributed by atoms with van der Waals surface area (Å²) in [7, 11) is 0. The largest absolute Gasteiger partial charge is 0.360 e. The van der Waals surface area contributed by atoms with Gasteiger partial charge in [-0.15, -0.1) is 0 Å². The molecule has 1 saturated heterocycles. The zero-order valence-corrected chi connectivity index (χ0v) is 15.0. The van der Waals surface area contributed by atoms with Gasteiger partial charge in [-0.1, -0.05) is 11.6 Å². The minimum atomic E-state index is 0.241.